The third-order valence-electron chi connectivity index (χ3n) is 3.81. The lowest BCUT2D eigenvalue weighted by Gasteiger charge is -2.15. The van der Waals surface area contributed by atoms with E-state index in [1.54, 1.807) is 0 Å². The summed E-state index contributed by atoms with van der Waals surface area (Å²) in [5.74, 6) is -1.16. The summed E-state index contributed by atoms with van der Waals surface area (Å²) in [7, 11) is 0. The van der Waals surface area contributed by atoms with E-state index in [1.165, 1.54) is 12.1 Å². The zero-order chi connectivity index (χ0) is 14.0. The molecular weight excluding hydrogens is 248 g/mol. The maximum Gasteiger partial charge on any atom is 0.338 e. The van der Waals surface area contributed by atoms with E-state index in [2.05, 4.69) is 12.2 Å². The lowest BCUT2D eigenvalue weighted by molar-refractivity contribution is -0.384. The molecule has 1 saturated carbocycles. The Labute approximate surface area is 110 Å². The van der Waals surface area contributed by atoms with Gasteiger partial charge in [-0.3, -0.25) is 10.1 Å². The average Bonchev–Trinajstić information content (AvgIpc) is 3.16. The predicted molar refractivity (Wildman–Crippen MR) is 70.5 cm³/mol. The Morgan fingerprint density at radius 3 is 2.68 bits per heavy atom. The second-order valence-electron chi connectivity index (χ2n) is 5.00. The van der Waals surface area contributed by atoms with Gasteiger partial charge in [0.25, 0.3) is 5.69 Å². The maximum atomic E-state index is 11.1. The zero-order valence-electron chi connectivity index (χ0n) is 10.7. The molecule has 0 radical (unpaired) electrons. The molecule has 2 N–H and O–H groups in total. The first-order valence-electron chi connectivity index (χ1n) is 6.23. The summed E-state index contributed by atoms with van der Waals surface area (Å²) in [6.45, 7) is 2.82. The zero-order valence-corrected chi connectivity index (χ0v) is 10.7. The van der Waals surface area contributed by atoms with Gasteiger partial charge in [0.05, 0.1) is 10.5 Å². The number of aromatic carboxylic acids is 1. The van der Waals surface area contributed by atoms with Crippen molar-refractivity contribution in [3.05, 3.63) is 33.9 Å². The van der Waals surface area contributed by atoms with Gasteiger partial charge in [-0.05, 0) is 30.7 Å². The van der Waals surface area contributed by atoms with E-state index in [4.69, 9.17) is 5.11 Å². The van der Waals surface area contributed by atoms with Crippen molar-refractivity contribution in [1.82, 2.24) is 0 Å². The minimum Gasteiger partial charge on any atom is -0.478 e. The topological polar surface area (TPSA) is 92.5 Å². The Bertz CT molecular complexity index is 523. The SMILES string of the molecule is CCC1(CNc2ccc([N+](=O)[O-])cc2C(=O)O)CC1. The lowest BCUT2D eigenvalue weighted by Crippen LogP contribution is -2.16. The van der Waals surface area contributed by atoms with Crippen molar-refractivity contribution >= 4 is 17.3 Å². The fraction of sp³-hybridized carbons (Fsp3) is 0.462. The van der Waals surface area contributed by atoms with E-state index in [1.807, 2.05) is 0 Å². The number of carboxylic acids is 1. The molecule has 0 saturated heterocycles. The van der Waals surface area contributed by atoms with Crippen LogP contribution in [0.1, 0.15) is 36.5 Å². The van der Waals surface area contributed by atoms with Crippen LogP contribution >= 0.6 is 0 Å². The number of nitrogens with zero attached hydrogens (tertiary/aromatic N) is 1. The van der Waals surface area contributed by atoms with Crippen molar-refractivity contribution in [2.24, 2.45) is 5.41 Å². The number of anilines is 1. The van der Waals surface area contributed by atoms with Gasteiger partial charge < -0.3 is 10.4 Å². The lowest BCUT2D eigenvalue weighted by atomic mass is 10.0. The van der Waals surface area contributed by atoms with Crippen molar-refractivity contribution < 1.29 is 14.8 Å². The van der Waals surface area contributed by atoms with Crippen LogP contribution in [0.25, 0.3) is 0 Å². The van der Waals surface area contributed by atoms with Gasteiger partial charge in [-0.15, -0.1) is 0 Å². The maximum absolute atomic E-state index is 11.1. The van der Waals surface area contributed by atoms with Crippen molar-refractivity contribution in [2.45, 2.75) is 26.2 Å². The molecule has 1 aromatic rings. The van der Waals surface area contributed by atoms with Gasteiger partial charge in [0.1, 0.15) is 0 Å². The molecule has 1 fully saturated rings. The minimum absolute atomic E-state index is 0.0545. The van der Waals surface area contributed by atoms with Gasteiger partial charge in [-0.2, -0.15) is 0 Å². The van der Waals surface area contributed by atoms with E-state index in [0.717, 1.165) is 25.3 Å². The highest BCUT2D eigenvalue weighted by atomic mass is 16.6. The molecule has 0 amide bonds. The second kappa shape index (κ2) is 4.87. The molecule has 0 heterocycles. The van der Waals surface area contributed by atoms with Crippen molar-refractivity contribution in [3.8, 4) is 0 Å². The number of carboxylic acid groups (broad SMARTS) is 1. The van der Waals surface area contributed by atoms with Crippen LogP contribution in [0.15, 0.2) is 18.2 Å². The van der Waals surface area contributed by atoms with Gasteiger partial charge in [0.2, 0.25) is 0 Å². The number of carbonyl (C=O) groups is 1. The molecule has 0 bridgehead atoms. The van der Waals surface area contributed by atoms with Crippen molar-refractivity contribution in [2.75, 3.05) is 11.9 Å². The summed E-state index contributed by atoms with van der Waals surface area (Å²) in [4.78, 5) is 21.2. The molecule has 6 heteroatoms. The average molecular weight is 264 g/mol. The fourth-order valence-electron chi connectivity index (χ4n) is 2.09. The predicted octanol–water partition coefficient (Wildman–Crippen LogP) is 2.90. The van der Waals surface area contributed by atoms with E-state index in [-0.39, 0.29) is 16.7 Å². The number of hydrogen-bond donors (Lipinski definition) is 2. The smallest absolute Gasteiger partial charge is 0.338 e. The molecule has 0 unspecified atom stereocenters. The third kappa shape index (κ3) is 2.83. The molecule has 2 rings (SSSR count). The van der Waals surface area contributed by atoms with E-state index >= 15 is 0 Å². The molecule has 102 valence electrons. The van der Waals surface area contributed by atoms with Crippen LogP contribution in [-0.2, 0) is 0 Å². The van der Waals surface area contributed by atoms with Crippen LogP contribution in [0.3, 0.4) is 0 Å². The van der Waals surface area contributed by atoms with E-state index in [0.29, 0.717) is 12.2 Å². The molecule has 0 atom stereocenters. The first-order chi connectivity index (χ1) is 8.97. The minimum atomic E-state index is -1.16. The van der Waals surface area contributed by atoms with E-state index < -0.39 is 10.9 Å². The Morgan fingerprint density at radius 1 is 1.53 bits per heavy atom. The summed E-state index contributed by atoms with van der Waals surface area (Å²) in [5.41, 5.74) is 0.455. The number of non-ortho nitro benzene ring substituents is 1. The van der Waals surface area contributed by atoms with Gasteiger partial charge in [0, 0.05) is 24.4 Å². The third-order valence-corrected chi connectivity index (χ3v) is 3.81. The molecule has 0 spiro atoms. The number of benzene rings is 1. The van der Waals surface area contributed by atoms with Gasteiger partial charge in [-0.1, -0.05) is 6.92 Å². The van der Waals surface area contributed by atoms with Crippen LogP contribution in [0.2, 0.25) is 0 Å². The summed E-state index contributed by atoms with van der Waals surface area (Å²) in [5, 5.41) is 22.9. The first kappa shape index (κ1) is 13.3. The molecule has 1 aliphatic rings. The Hall–Kier alpha value is -2.11. The number of nitro groups is 1. The number of nitro benzene ring substituents is 1. The molecule has 6 nitrogen and oxygen atoms in total. The molecule has 0 aliphatic heterocycles. The summed E-state index contributed by atoms with van der Waals surface area (Å²) >= 11 is 0. The highest BCUT2D eigenvalue weighted by Crippen LogP contribution is 2.48. The highest BCUT2D eigenvalue weighted by Gasteiger charge is 2.40. The Morgan fingerprint density at radius 2 is 2.21 bits per heavy atom. The monoisotopic (exact) mass is 264 g/mol. The standard InChI is InChI=1S/C13H16N2O4/c1-2-13(5-6-13)8-14-11-4-3-9(15(18)19)7-10(11)12(16)17/h3-4,7,14H,2,5-6,8H2,1H3,(H,16,17). The van der Waals surface area contributed by atoms with Gasteiger partial charge >= 0.3 is 5.97 Å². The second-order valence-corrected chi connectivity index (χ2v) is 5.00. The summed E-state index contributed by atoms with van der Waals surface area (Å²) in [6, 6.07) is 3.88. The number of rotatable bonds is 6. The molecule has 0 aromatic heterocycles. The van der Waals surface area contributed by atoms with Gasteiger partial charge in [0.15, 0.2) is 0 Å². The normalized spacial score (nSPS) is 15.8. The van der Waals surface area contributed by atoms with Crippen molar-refractivity contribution in [3.63, 3.8) is 0 Å². The molecule has 1 aromatic carbocycles. The van der Waals surface area contributed by atoms with Crippen LogP contribution in [0, 0.1) is 15.5 Å². The number of nitrogens with one attached hydrogen (secondary N) is 1. The molecule has 19 heavy (non-hydrogen) atoms. The van der Waals surface area contributed by atoms with Crippen LogP contribution in [0.5, 0.6) is 0 Å². The fourth-order valence-corrected chi connectivity index (χ4v) is 2.09. The largest absolute Gasteiger partial charge is 0.478 e. The summed E-state index contributed by atoms with van der Waals surface area (Å²) < 4.78 is 0. The quantitative estimate of drug-likeness (QED) is 0.608. The molecule has 1 aliphatic carbocycles. The Balaban J connectivity index is 2.19. The molecular formula is C13H16N2O4. The van der Waals surface area contributed by atoms with E-state index in [9.17, 15) is 14.9 Å². The highest BCUT2D eigenvalue weighted by molar-refractivity contribution is 5.95. The van der Waals surface area contributed by atoms with Crippen LogP contribution in [0.4, 0.5) is 11.4 Å². The van der Waals surface area contributed by atoms with Crippen molar-refractivity contribution in [1.29, 1.82) is 0 Å². The Kier molecular flexibility index (Phi) is 3.42. The number of hydrogen-bond acceptors (Lipinski definition) is 4. The van der Waals surface area contributed by atoms with Crippen LogP contribution < -0.4 is 5.32 Å². The van der Waals surface area contributed by atoms with Crippen LogP contribution in [-0.4, -0.2) is 22.5 Å². The first-order valence-corrected chi connectivity index (χ1v) is 6.23. The summed E-state index contributed by atoms with van der Waals surface area (Å²) in [6.07, 6.45) is 3.34. The van der Waals surface area contributed by atoms with Gasteiger partial charge in [-0.25, -0.2) is 4.79 Å².